The topological polar surface area (TPSA) is 43.1 Å². The standard InChI is InChI=1S/C14H13F2NOS/c1-9-7-11(17)5-6-13(9)19(18)8-10-3-2-4-12(15)14(10)16/h2-7H,8,17H2,1H3. The third kappa shape index (κ3) is 2.98. The van der Waals surface area contributed by atoms with Crippen molar-refractivity contribution >= 4 is 16.5 Å². The fraction of sp³-hybridized carbons (Fsp3) is 0.143. The smallest absolute Gasteiger partial charge is 0.162 e. The summed E-state index contributed by atoms with van der Waals surface area (Å²) in [5.74, 6) is -1.93. The Hall–Kier alpha value is -1.75. The van der Waals surface area contributed by atoms with E-state index in [-0.39, 0.29) is 11.3 Å². The molecule has 1 atom stereocenters. The second-order valence-corrected chi connectivity index (χ2v) is 5.65. The predicted octanol–water partition coefficient (Wildman–Crippen LogP) is 3.16. The van der Waals surface area contributed by atoms with Gasteiger partial charge in [-0.3, -0.25) is 4.21 Å². The van der Waals surface area contributed by atoms with Gasteiger partial charge >= 0.3 is 0 Å². The molecule has 100 valence electrons. The summed E-state index contributed by atoms with van der Waals surface area (Å²) in [6.45, 7) is 1.78. The molecule has 0 amide bonds. The van der Waals surface area contributed by atoms with Crippen molar-refractivity contribution in [2.75, 3.05) is 5.73 Å². The maximum Gasteiger partial charge on any atom is 0.162 e. The van der Waals surface area contributed by atoms with Crippen LogP contribution in [0.15, 0.2) is 41.3 Å². The van der Waals surface area contributed by atoms with E-state index in [0.717, 1.165) is 11.6 Å². The van der Waals surface area contributed by atoms with E-state index in [1.807, 2.05) is 0 Å². The van der Waals surface area contributed by atoms with Crippen molar-refractivity contribution in [1.29, 1.82) is 0 Å². The monoisotopic (exact) mass is 281 g/mol. The quantitative estimate of drug-likeness (QED) is 0.878. The van der Waals surface area contributed by atoms with Gasteiger partial charge in [0, 0.05) is 16.1 Å². The molecule has 0 aliphatic heterocycles. The first kappa shape index (κ1) is 13.7. The van der Waals surface area contributed by atoms with E-state index in [1.54, 1.807) is 25.1 Å². The third-order valence-electron chi connectivity index (χ3n) is 2.76. The fourth-order valence-electron chi connectivity index (χ4n) is 1.81. The van der Waals surface area contributed by atoms with Gasteiger partial charge in [0.05, 0.1) is 16.6 Å². The summed E-state index contributed by atoms with van der Waals surface area (Å²) < 4.78 is 38.8. The van der Waals surface area contributed by atoms with Gasteiger partial charge < -0.3 is 5.73 Å². The molecule has 5 heteroatoms. The van der Waals surface area contributed by atoms with Crippen LogP contribution in [0, 0.1) is 18.6 Å². The zero-order valence-electron chi connectivity index (χ0n) is 10.3. The van der Waals surface area contributed by atoms with Gasteiger partial charge in [-0.15, -0.1) is 0 Å². The maximum atomic E-state index is 13.5. The van der Waals surface area contributed by atoms with Gasteiger partial charge in [-0.05, 0) is 36.8 Å². The van der Waals surface area contributed by atoms with E-state index in [9.17, 15) is 13.0 Å². The number of benzene rings is 2. The largest absolute Gasteiger partial charge is 0.399 e. The molecule has 2 aromatic carbocycles. The molecular weight excluding hydrogens is 268 g/mol. The average Bonchev–Trinajstić information content (AvgIpc) is 2.34. The zero-order chi connectivity index (χ0) is 14.0. The van der Waals surface area contributed by atoms with Crippen molar-refractivity contribution in [3.63, 3.8) is 0 Å². The Morgan fingerprint density at radius 2 is 1.95 bits per heavy atom. The van der Waals surface area contributed by atoms with Crippen molar-refractivity contribution in [2.45, 2.75) is 17.6 Å². The molecule has 0 bridgehead atoms. The minimum absolute atomic E-state index is 0.0612. The van der Waals surface area contributed by atoms with Crippen LogP contribution in [0.3, 0.4) is 0 Å². The van der Waals surface area contributed by atoms with Crippen molar-refractivity contribution in [3.8, 4) is 0 Å². The van der Waals surface area contributed by atoms with Crippen molar-refractivity contribution in [1.82, 2.24) is 0 Å². The molecule has 19 heavy (non-hydrogen) atoms. The second-order valence-electron chi connectivity index (χ2n) is 4.23. The highest BCUT2D eigenvalue weighted by Crippen LogP contribution is 2.21. The van der Waals surface area contributed by atoms with Gasteiger partial charge in [-0.25, -0.2) is 8.78 Å². The SMILES string of the molecule is Cc1cc(N)ccc1S(=O)Cc1cccc(F)c1F. The van der Waals surface area contributed by atoms with Crippen molar-refractivity contribution in [3.05, 3.63) is 59.2 Å². The van der Waals surface area contributed by atoms with Crippen molar-refractivity contribution in [2.24, 2.45) is 0 Å². The first-order valence-corrected chi connectivity index (χ1v) is 6.98. The minimum atomic E-state index is -1.44. The Morgan fingerprint density at radius 1 is 1.21 bits per heavy atom. The Balaban J connectivity index is 2.28. The molecule has 2 nitrogen and oxygen atoms in total. The van der Waals surface area contributed by atoms with E-state index in [2.05, 4.69) is 0 Å². The second kappa shape index (κ2) is 5.48. The van der Waals surface area contributed by atoms with E-state index in [0.29, 0.717) is 10.6 Å². The molecule has 0 heterocycles. The van der Waals surface area contributed by atoms with Crippen LogP contribution in [0.1, 0.15) is 11.1 Å². The van der Waals surface area contributed by atoms with Gasteiger partial charge in [0.15, 0.2) is 11.6 Å². The summed E-state index contributed by atoms with van der Waals surface area (Å²) in [5.41, 5.74) is 7.07. The van der Waals surface area contributed by atoms with Gasteiger partial charge in [0.25, 0.3) is 0 Å². The molecule has 0 aromatic heterocycles. The maximum absolute atomic E-state index is 13.5. The lowest BCUT2D eigenvalue weighted by atomic mass is 10.2. The van der Waals surface area contributed by atoms with Crippen LogP contribution >= 0.6 is 0 Å². The van der Waals surface area contributed by atoms with Crippen LogP contribution < -0.4 is 5.73 Å². The van der Waals surface area contributed by atoms with Gasteiger partial charge in [-0.1, -0.05) is 12.1 Å². The third-order valence-corrected chi connectivity index (χ3v) is 4.28. The summed E-state index contributed by atoms with van der Waals surface area (Å²) in [5, 5.41) is 0. The summed E-state index contributed by atoms with van der Waals surface area (Å²) in [4.78, 5) is 0.581. The predicted molar refractivity (Wildman–Crippen MR) is 72.1 cm³/mol. The summed E-state index contributed by atoms with van der Waals surface area (Å²) in [7, 11) is -1.44. The number of aryl methyl sites for hydroxylation is 1. The minimum Gasteiger partial charge on any atom is -0.399 e. The number of nitrogen functional groups attached to an aromatic ring is 1. The molecule has 2 rings (SSSR count). The fourth-order valence-corrected chi connectivity index (χ4v) is 3.11. The zero-order valence-corrected chi connectivity index (χ0v) is 11.1. The number of halogens is 2. The van der Waals surface area contributed by atoms with E-state index < -0.39 is 22.4 Å². The summed E-state index contributed by atoms with van der Waals surface area (Å²) in [6, 6.07) is 8.87. The highest BCUT2D eigenvalue weighted by atomic mass is 32.2. The van der Waals surface area contributed by atoms with Crippen LogP contribution in [-0.2, 0) is 16.6 Å². The van der Waals surface area contributed by atoms with E-state index >= 15 is 0 Å². The molecule has 2 N–H and O–H groups in total. The molecule has 0 aliphatic carbocycles. The van der Waals surface area contributed by atoms with Crippen LogP contribution in [0.2, 0.25) is 0 Å². The Morgan fingerprint density at radius 3 is 2.63 bits per heavy atom. The van der Waals surface area contributed by atoms with Crippen LogP contribution in [-0.4, -0.2) is 4.21 Å². The van der Waals surface area contributed by atoms with Gasteiger partial charge in [-0.2, -0.15) is 0 Å². The van der Waals surface area contributed by atoms with Crippen LogP contribution in [0.4, 0.5) is 14.5 Å². The van der Waals surface area contributed by atoms with Gasteiger partial charge in [0.1, 0.15) is 0 Å². The molecule has 0 saturated carbocycles. The number of nitrogens with two attached hydrogens (primary N) is 1. The van der Waals surface area contributed by atoms with Crippen molar-refractivity contribution < 1.29 is 13.0 Å². The number of hydrogen-bond donors (Lipinski definition) is 1. The molecule has 0 spiro atoms. The lowest BCUT2D eigenvalue weighted by Gasteiger charge is -2.08. The lowest BCUT2D eigenvalue weighted by Crippen LogP contribution is -2.02. The highest BCUT2D eigenvalue weighted by molar-refractivity contribution is 7.84. The lowest BCUT2D eigenvalue weighted by molar-refractivity contribution is 0.502. The molecule has 2 aromatic rings. The first-order valence-electron chi connectivity index (χ1n) is 5.66. The summed E-state index contributed by atoms with van der Waals surface area (Å²) >= 11 is 0. The number of anilines is 1. The molecule has 0 aliphatic rings. The normalized spacial score (nSPS) is 12.4. The first-order chi connectivity index (χ1) is 8.99. The van der Waals surface area contributed by atoms with Gasteiger partial charge in [0.2, 0.25) is 0 Å². The molecule has 0 saturated heterocycles. The number of rotatable bonds is 3. The van der Waals surface area contributed by atoms with E-state index in [4.69, 9.17) is 5.73 Å². The highest BCUT2D eigenvalue weighted by Gasteiger charge is 2.13. The van der Waals surface area contributed by atoms with E-state index in [1.165, 1.54) is 12.1 Å². The molecule has 0 radical (unpaired) electrons. The Labute approximate surface area is 112 Å². The molecule has 1 unspecified atom stereocenters. The summed E-state index contributed by atoms with van der Waals surface area (Å²) in [6.07, 6.45) is 0. The Bertz CT molecular complexity index is 643. The number of hydrogen-bond acceptors (Lipinski definition) is 2. The van der Waals surface area contributed by atoms with Crippen LogP contribution in [0.25, 0.3) is 0 Å². The Kier molecular flexibility index (Phi) is 3.95. The van der Waals surface area contributed by atoms with Crippen LogP contribution in [0.5, 0.6) is 0 Å². The molecule has 0 fully saturated rings. The average molecular weight is 281 g/mol. The molecular formula is C14H13F2NOS.